The predicted molar refractivity (Wildman–Crippen MR) is 77.6 cm³/mol. The molecule has 0 radical (unpaired) electrons. The third-order valence-corrected chi connectivity index (χ3v) is 3.86. The molecule has 0 spiro atoms. The second kappa shape index (κ2) is 6.14. The average molecular weight is 283 g/mol. The summed E-state index contributed by atoms with van der Waals surface area (Å²) in [4.78, 5) is 16.7. The normalized spacial score (nSPS) is 13.1. The maximum atomic E-state index is 12.4. The Balaban J connectivity index is 2.86. The molecule has 0 bridgehead atoms. The summed E-state index contributed by atoms with van der Waals surface area (Å²) in [5, 5.41) is 2.87. The first-order valence-electron chi connectivity index (χ1n) is 6.40. The Bertz CT molecular complexity index is 466. The molecule has 0 saturated carbocycles. The number of rotatable bonds is 6. The molecule has 1 aromatic heterocycles. The van der Waals surface area contributed by atoms with Gasteiger partial charge in [-0.1, -0.05) is 26.1 Å². The summed E-state index contributed by atoms with van der Waals surface area (Å²) in [5.41, 5.74) is 4.94. The fourth-order valence-electron chi connectivity index (χ4n) is 2.00. The number of hydrogen-bond donors (Lipinski definition) is 2. The maximum Gasteiger partial charge on any atom is 0.233 e. The van der Waals surface area contributed by atoms with Crippen LogP contribution in [0, 0.1) is 12.3 Å². The van der Waals surface area contributed by atoms with Crippen LogP contribution in [0.4, 0.5) is 0 Å². The molecule has 1 aromatic rings. The van der Waals surface area contributed by atoms with E-state index in [9.17, 15) is 4.79 Å². The quantitative estimate of drug-likeness (QED) is 0.783. The van der Waals surface area contributed by atoms with Crippen LogP contribution in [0.1, 0.15) is 51.3 Å². The van der Waals surface area contributed by atoms with Crippen molar-refractivity contribution in [1.82, 2.24) is 10.3 Å². The lowest BCUT2D eigenvalue weighted by Crippen LogP contribution is -2.48. The number of thiocarbonyl (C=S) groups is 1. The van der Waals surface area contributed by atoms with Gasteiger partial charge in [0.15, 0.2) is 0 Å². The van der Waals surface area contributed by atoms with E-state index in [0.29, 0.717) is 24.5 Å². The van der Waals surface area contributed by atoms with Crippen LogP contribution < -0.4 is 11.1 Å². The predicted octanol–water partition coefficient (Wildman–Crippen LogP) is 2.25. The van der Waals surface area contributed by atoms with E-state index < -0.39 is 5.41 Å². The highest BCUT2D eigenvalue weighted by Gasteiger charge is 2.38. The molecular formula is C13H21N3O2S. The monoisotopic (exact) mass is 283 g/mol. The van der Waals surface area contributed by atoms with E-state index in [0.717, 1.165) is 0 Å². The lowest BCUT2D eigenvalue weighted by molar-refractivity contribution is -0.128. The molecule has 1 unspecified atom stereocenters. The van der Waals surface area contributed by atoms with E-state index in [1.165, 1.54) is 0 Å². The zero-order valence-electron chi connectivity index (χ0n) is 11.8. The number of amides is 1. The van der Waals surface area contributed by atoms with Crippen LogP contribution in [0.3, 0.4) is 0 Å². The Hall–Kier alpha value is -1.43. The van der Waals surface area contributed by atoms with E-state index in [1.54, 1.807) is 6.20 Å². The number of aromatic nitrogens is 1. The van der Waals surface area contributed by atoms with Gasteiger partial charge in [-0.05, 0) is 26.7 Å². The molecule has 0 aliphatic heterocycles. The highest BCUT2D eigenvalue weighted by atomic mass is 32.1. The van der Waals surface area contributed by atoms with Crippen LogP contribution in [0.25, 0.3) is 0 Å². The summed E-state index contributed by atoms with van der Waals surface area (Å²) in [6.07, 6.45) is 2.77. The Kier molecular flexibility index (Phi) is 5.05. The third kappa shape index (κ3) is 3.12. The smallest absolute Gasteiger partial charge is 0.233 e. The second-order valence-electron chi connectivity index (χ2n) is 4.66. The van der Waals surface area contributed by atoms with Crippen LogP contribution >= 0.6 is 12.2 Å². The molecule has 106 valence electrons. The number of nitrogens with zero attached hydrogens (tertiary/aromatic N) is 1. The summed E-state index contributed by atoms with van der Waals surface area (Å²) in [7, 11) is 0. The van der Waals surface area contributed by atoms with Crippen molar-refractivity contribution in [2.75, 3.05) is 0 Å². The van der Waals surface area contributed by atoms with Crippen molar-refractivity contribution >= 4 is 23.1 Å². The summed E-state index contributed by atoms with van der Waals surface area (Å²) in [6.45, 7) is 7.44. The number of nitrogens with one attached hydrogen (secondary N) is 1. The first-order valence-corrected chi connectivity index (χ1v) is 6.81. The van der Waals surface area contributed by atoms with E-state index >= 15 is 0 Å². The highest BCUT2D eigenvalue weighted by molar-refractivity contribution is 7.80. The van der Waals surface area contributed by atoms with Gasteiger partial charge in [0.05, 0.1) is 16.6 Å². The van der Waals surface area contributed by atoms with Crippen LogP contribution in [0.5, 0.6) is 0 Å². The third-order valence-electron chi connectivity index (χ3n) is 3.47. The number of hydrogen-bond acceptors (Lipinski definition) is 4. The van der Waals surface area contributed by atoms with Crippen molar-refractivity contribution in [3.05, 3.63) is 17.8 Å². The maximum absolute atomic E-state index is 12.4. The van der Waals surface area contributed by atoms with Gasteiger partial charge in [0, 0.05) is 0 Å². The van der Waals surface area contributed by atoms with Gasteiger partial charge in [-0.3, -0.25) is 4.79 Å². The molecular weight excluding hydrogens is 262 g/mol. The first-order chi connectivity index (χ1) is 8.87. The molecule has 1 heterocycles. The standard InChI is InChI=1S/C13H21N3O2S/c1-5-13(6-2,11(14)19)12(17)16-9(4)10-15-7-8(3)18-10/h7,9H,5-6H2,1-4H3,(H2,14,19)(H,16,17). The number of aryl methyl sites for hydroxylation is 1. The van der Waals surface area contributed by atoms with Crippen molar-refractivity contribution < 1.29 is 9.21 Å². The van der Waals surface area contributed by atoms with Gasteiger partial charge in [0.1, 0.15) is 11.8 Å². The Morgan fingerprint density at radius 3 is 2.53 bits per heavy atom. The minimum atomic E-state index is -0.800. The lowest BCUT2D eigenvalue weighted by atomic mass is 9.81. The summed E-state index contributed by atoms with van der Waals surface area (Å²) in [6, 6.07) is -0.312. The molecule has 0 aliphatic carbocycles. The fraction of sp³-hybridized carbons (Fsp3) is 0.615. The van der Waals surface area contributed by atoms with E-state index in [2.05, 4.69) is 10.3 Å². The summed E-state index contributed by atoms with van der Waals surface area (Å²) < 4.78 is 5.40. The number of carbonyl (C=O) groups excluding carboxylic acids is 1. The first kappa shape index (κ1) is 15.6. The van der Waals surface area contributed by atoms with Crippen molar-refractivity contribution in [3.63, 3.8) is 0 Å². The Morgan fingerprint density at radius 1 is 1.58 bits per heavy atom. The summed E-state index contributed by atoms with van der Waals surface area (Å²) in [5.74, 6) is 1.02. The van der Waals surface area contributed by atoms with Gasteiger partial charge in [-0.2, -0.15) is 0 Å². The van der Waals surface area contributed by atoms with Crippen LogP contribution in [-0.4, -0.2) is 15.9 Å². The van der Waals surface area contributed by atoms with Crippen molar-refractivity contribution in [2.24, 2.45) is 11.1 Å². The van der Waals surface area contributed by atoms with Gasteiger partial charge in [0.2, 0.25) is 11.8 Å². The van der Waals surface area contributed by atoms with E-state index in [4.69, 9.17) is 22.4 Å². The fourth-order valence-corrected chi connectivity index (χ4v) is 2.38. The zero-order valence-corrected chi connectivity index (χ0v) is 12.6. The largest absolute Gasteiger partial charge is 0.444 e. The molecule has 0 aliphatic rings. The van der Waals surface area contributed by atoms with Gasteiger partial charge < -0.3 is 15.5 Å². The zero-order chi connectivity index (χ0) is 14.6. The number of oxazole rings is 1. The average Bonchev–Trinajstić information content (AvgIpc) is 2.77. The molecule has 0 aromatic carbocycles. The van der Waals surface area contributed by atoms with E-state index in [1.807, 2.05) is 27.7 Å². The van der Waals surface area contributed by atoms with Crippen molar-refractivity contribution in [1.29, 1.82) is 0 Å². The van der Waals surface area contributed by atoms with Crippen LogP contribution in [-0.2, 0) is 4.79 Å². The molecule has 1 atom stereocenters. The second-order valence-corrected chi connectivity index (χ2v) is 5.10. The van der Waals surface area contributed by atoms with Crippen molar-refractivity contribution in [3.8, 4) is 0 Å². The van der Waals surface area contributed by atoms with E-state index in [-0.39, 0.29) is 16.9 Å². The van der Waals surface area contributed by atoms with Gasteiger partial charge >= 0.3 is 0 Å². The molecule has 0 fully saturated rings. The van der Waals surface area contributed by atoms with Crippen LogP contribution in [0.2, 0.25) is 0 Å². The molecule has 6 heteroatoms. The molecule has 0 saturated heterocycles. The van der Waals surface area contributed by atoms with Gasteiger partial charge in [-0.15, -0.1) is 0 Å². The molecule has 19 heavy (non-hydrogen) atoms. The van der Waals surface area contributed by atoms with Gasteiger partial charge in [-0.25, -0.2) is 4.98 Å². The summed E-state index contributed by atoms with van der Waals surface area (Å²) >= 11 is 5.06. The molecule has 5 nitrogen and oxygen atoms in total. The Morgan fingerprint density at radius 2 is 2.16 bits per heavy atom. The Labute approximate surface area is 119 Å². The number of nitrogens with two attached hydrogens (primary N) is 1. The molecule has 1 amide bonds. The minimum absolute atomic E-state index is 0.173. The van der Waals surface area contributed by atoms with Gasteiger partial charge in [0.25, 0.3) is 0 Å². The lowest BCUT2D eigenvalue weighted by Gasteiger charge is -2.30. The molecule has 3 N–H and O–H groups in total. The highest BCUT2D eigenvalue weighted by Crippen LogP contribution is 2.28. The SMILES string of the molecule is CCC(CC)(C(=O)NC(C)c1ncc(C)o1)C(N)=S. The number of carbonyl (C=O) groups is 1. The van der Waals surface area contributed by atoms with Crippen molar-refractivity contribution in [2.45, 2.75) is 46.6 Å². The topological polar surface area (TPSA) is 81.2 Å². The van der Waals surface area contributed by atoms with Crippen LogP contribution in [0.15, 0.2) is 10.6 Å². The molecule has 1 rings (SSSR count). The minimum Gasteiger partial charge on any atom is -0.444 e.